The first kappa shape index (κ1) is 11.6. The molecule has 1 aromatic rings. The average molecular weight is 218 g/mol. The summed E-state index contributed by atoms with van der Waals surface area (Å²) >= 11 is 0. The van der Waals surface area contributed by atoms with Crippen molar-refractivity contribution in [3.05, 3.63) is 35.9 Å². The quantitative estimate of drug-likeness (QED) is 0.812. The van der Waals surface area contributed by atoms with Crippen molar-refractivity contribution in [3.8, 4) is 0 Å². The van der Waals surface area contributed by atoms with Crippen LogP contribution in [0.4, 0.5) is 0 Å². The minimum absolute atomic E-state index is 0.675. The minimum atomic E-state index is 0.675. The summed E-state index contributed by atoms with van der Waals surface area (Å²) in [7, 11) is 2.27. The Kier molecular flexibility index (Phi) is 3.97. The number of hydrogen-bond donors (Lipinski definition) is 1. The highest BCUT2D eigenvalue weighted by atomic mass is 15.2. The van der Waals surface area contributed by atoms with E-state index in [0.717, 1.165) is 19.1 Å². The standard InChI is InChI=1S/C14H22N2/c1-3-13(16(2)14-10-15-11-14)9-12-7-5-4-6-8-12/h4-8,13-15H,3,9-11H2,1-2H3. The topological polar surface area (TPSA) is 15.3 Å². The number of hydrogen-bond acceptors (Lipinski definition) is 2. The number of rotatable bonds is 5. The number of benzene rings is 1. The van der Waals surface area contributed by atoms with Crippen LogP contribution in [0.5, 0.6) is 0 Å². The van der Waals surface area contributed by atoms with Crippen molar-refractivity contribution in [3.63, 3.8) is 0 Å². The Bertz CT molecular complexity index is 306. The van der Waals surface area contributed by atoms with Crippen LogP contribution in [0.25, 0.3) is 0 Å². The van der Waals surface area contributed by atoms with E-state index in [-0.39, 0.29) is 0 Å². The van der Waals surface area contributed by atoms with Crippen molar-refractivity contribution in [2.24, 2.45) is 0 Å². The molecule has 0 bridgehead atoms. The summed E-state index contributed by atoms with van der Waals surface area (Å²) in [5, 5.41) is 3.34. The second-order valence-electron chi connectivity index (χ2n) is 4.73. The Hall–Kier alpha value is -0.860. The first-order chi connectivity index (χ1) is 7.81. The maximum atomic E-state index is 3.34. The Labute approximate surface area is 98.7 Å². The van der Waals surface area contributed by atoms with E-state index in [1.165, 1.54) is 18.4 Å². The van der Waals surface area contributed by atoms with Crippen LogP contribution >= 0.6 is 0 Å². The van der Waals surface area contributed by atoms with Gasteiger partial charge in [-0.15, -0.1) is 0 Å². The lowest BCUT2D eigenvalue weighted by atomic mass is 10.00. The summed E-state index contributed by atoms with van der Waals surface area (Å²) in [4.78, 5) is 2.55. The first-order valence-corrected chi connectivity index (χ1v) is 6.28. The number of likely N-dealkylation sites (N-methyl/N-ethyl adjacent to an activating group) is 1. The van der Waals surface area contributed by atoms with E-state index >= 15 is 0 Å². The van der Waals surface area contributed by atoms with Crippen LogP contribution in [-0.2, 0) is 6.42 Å². The van der Waals surface area contributed by atoms with Gasteiger partial charge in [-0.3, -0.25) is 4.90 Å². The fourth-order valence-corrected chi connectivity index (χ4v) is 2.32. The summed E-state index contributed by atoms with van der Waals surface area (Å²) in [6, 6.07) is 12.2. The van der Waals surface area contributed by atoms with Gasteiger partial charge in [-0.2, -0.15) is 0 Å². The van der Waals surface area contributed by atoms with Gasteiger partial charge >= 0.3 is 0 Å². The molecule has 16 heavy (non-hydrogen) atoms. The third kappa shape index (κ3) is 2.63. The molecule has 0 saturated carbocycles. The zero-order valence-electron chi connectivity index (χ0n) is 10.3. The van der Waals surface area contributed by atoms with Gasteiger partial charge in [0.25, 0.3) is 0 Å². The monoisotopic (exact) mass is 218 g/mol. The third-order valence-corrected chi connectivity index (χ3v) is 3.70. The van der Waals surface area contributed by atoms with Crippen molar-refractivity contribution in [2.45, 2.75) is 31.8 Å². The van der Waals surface area contributed by atoms with E-state index in [2.05, 4.69) is 54.5 Å². The average Bonchev–Trinajstić information content (AvgIpc) is 2.25. The third-order valence-electron chi connectivity index (χ3n) is 3.70. The highest BCUT2D eigenvalue weighted by Gasteiger charge is 2.26. The van der Waals surface area contributed by atoms with E-state index in [0.29, 0.717) is 6.04 Å². The van der Waals surface area contributed by atoms with Gasteiger partial charge in [-0.1, -0.05) is 37.3 Å². The molecule has 1 aliphatic rings. The Balaban J connectivity index is 1.94. The predicted octanol–water partition coefficient (Wildman–Crippen LogP) is 1.91. The van der Waals surface area contributed by atoms with Crippen LogP contribution in [0.15, 0.2) is 30.3 Å². The number of nitrogens with one attached hydrogen (secondary N) is 1. The van der Waals surface area contributed by atoms with Crippen molar-refractivity contribution >= 4 is 0 Å². The van der Waals surface area contributed by atoms with Crippen LogP contribution in [0.2, 0.25) is 0 Å². The molecule has 88 valence electrons. The SMILES string of the molecule is CCC(Cc1ccccc1)N(C)C1CNC1. The maximum Gasteiger partial charge on any atom is 0.0345 e. The molecule has 0 aliphatic carbocycles. The Morgan fingerprint density at radius 2 is 2.00 bits per heavy atom. The maximum absolute atomic E-state index is 3.34. The van der Waals surface area contributed by atoms with E-state index in [1.807, 2.05) is 0 Å². The number of nitrogens with zero attached hydrogens (tertiary/aromatic N) is 1. The molecule has 2 nitrogen and oxygen atoms in total. The second-order valence-corrected chi connectivity index (χ2v) is 4.73. The molecule has 1 unspecified atom stereocenters. The molecule has 2 heteroatoms. The molecule has 1 saturated heterocycles. The van der Waals surface area contributed by atoms with Gasteiger partial charge in [0.2, 0.25) is 0 Å². The van der Waals surface area contributed by atoms with E-state index in [4.69, 9.17) is 0 Å². The van der Waals surface area contributed by atoms with Crippen LogP contribution in [0.1, 0.15) is 18.9 Å². The largest absolute Gasteiger partial charge is 0.314 e. The summed E-state index contributed by atoms with van der Waals surface area (Å²) < 4.78 is 0. The molecular weight excluding hydrogens is 196 g/mol. The molecule has 1 fully saturated rings. The minimum Gasteiger partial charge on any atom is -0.314 e. The van der Waals surface area contributed by atoms with Crippen molar-refractivity contribution in [1.29, 1.82) is 0 Å². The van der Waals surface area contributed by atoms with Crippen LogP contribution in [0, 0.1) is 0 Å². The van der Waals surface area contributed by atoms with E-state index in [1.54, 1.807) is 0 Å². The summed E-state index contributed by atoms with van der Waals surface area (Å²) in [6.07, 6.45) is 2.40. The molecule has 1 atom stereocenters. The Morgan fingerprint density at radius 3 is 2.50 bits per heavy atom. The van der Waals surface area contributed by atoms with Crippen molar-refractivity contribution in [1.82, 2.24) is 10.2 Å². The van der Waals surface area contributed by atoms with Crippen molar-refractivity contribution in [2.75, 3.05) is 20.1 Å². The zero-order chi connectivity index (χ0) is 11.4. The van der Waals surface area contributed by atoms with Crippen LogP contribution < -0.4 is 5.32 Å². The second kappa shape index (κ2) is 5.46. The highest BCUT2D eigenvalue weighted by Crippen LogP contribution is 2.15. The van der Waals surface area contributed by atoms with Crippen LogP contribution in [0.3, 0.4) is 0 Å². The molecule has 0 spiro atoms. The molecule has 0 radical (unpaired) electrons. The fraction of sp³-hybridized carbons (Fsp3) is 0.571. The molecular formula is C14H22N2. The smallest absolute Gasteiger partial charge is 0.0345 e. The van der Waals surface area contributed by atoms with Crippen LogP contribution in [-0.4, -0.2) is 37.1 Å². The molecule has 1 heterocycles. The lowest BCUT2D eigenvalue weighted by molar-refractivity contribution is 0.123. The molecule has 0 amide bonds. The van der Waals surface area contributed by atoms with Gasteiger partial charge in [0.15, 0.2) is 0 Å². The van der Waals surface area contributed by atoms with E-state index in [9.17, 15) is 0 Å². The molecule has 0 aromatic heterocycles. The van der Waals surface area contributed by atoms with Gasteiger partial charge < -0.3 is 5.32 Å². The normalized spacial score (nSPS) is 18.4. The summed E-state index contributed by atoms with van der Waals surface area (Å²) in [5.41, 5.74) is 1.45. The zero-order valence-corrected chi connectivity index (χ0v) is 10.3. The molecule has 1 N–H and O–H groups in total. The molecule has 2 rings (SSSR count). The summed E-state index contributed by atoms with van der Waals surface area (Å²) in [5.74, 6) is 0. The van der Waals surface area contributed by atoms with Gasteiger partial charge in [0.05, 0.1) is 0 Å². The van der Waals surface area contributed by atoms with Crippen molar-refractivity contribution < 1.29 is 0 Å². The predicted molar refractivity (Wildman–Crippen MR) is 68.6 cm³/mol. The summed E-state index contributed by atoms with van der Waals surface area (Å²) in [6.45, 7) is 4.60. The van der Waals surface area contributed by atoms with E-state index < -0.39 is 0 Å². The Morgan fingerprint density at radius 1 is 1.31 bits per heavy atom. The lowest BCUT2D eigenvalue weighted by Gasteiger charge is -2.40. The highest BCUT2D eigenvalue weighted by molar-refractivity contribution is 5.16. The van der Waals surface area contributed by atoms with Gasteiger partial charge in [0.1, 0.15) is 0 Å². The fourth-order valence-electron chi connectivity index (χ4n) is 2.32. The molecule has 1 aliphatic heterocycles. The lowest BCUT2D eigenvalue weighted by Crippen LogP contribution is -2.58. The first-order valence-electron chi connectivity index (χ1n) is 6.28. The van der Waals surface area contributed by atoms with Gasteiger partial charge in [-0.25, -0.2) is 0 Å². The van der Waals surface area contributed by atoms with Gasteiger partial charge in [0, 0.05) is 25.2 Å². The van der Waals surface area contributed by atoms with Gasteiger partial charge in [-0.05, 0) is 25.5 Å². The molecule has 1 aromatic carbocycles.